The Hall–Kier alpha value is -1.40. The topological polar surface area (TPSA) is 31.2 Å². The maximum absolute atomic E-state index is 12.7. The van der Waals surface area contributed by atoms with Gasteiger partial charge in [-0.3, -0.25) is 4.57 Å². The van der Waals surface area contributed by atoms with Gasteiger partial charge in [-0.05, 0) is 39.4 Å². The molecule has 0 N–H and O–H groups in total. The van der Waals surface area contributed by atoms with Gasteiger partial charge in [0.1, 0.15) is 5.60 Å². The molecule has 0 bridgehead atoms. The summed E-state index contributed by atoms with van der Waals surface area (Å²) in [5, 5.41) is 0. The average Bonchev–Trinajstić information content (AvgIpc) is 2.42. The number of aryl methyl sites for hydroxylation is 1. The normalized spacial score (nSPS) is 12.6. The fourth-order valence-corrected chi connectivity index (χ4v) is 1.37. The molecule has 0 saturated heterocycles. The molecule has 0 fully saturated rings. The van der Waals surface area contributed by atoms with E-state index >= 15 is 0 Å². The maximum atomic E-state index is 12.7. The monoisotopic (exact) mass is 248 g/mol. The van der Waals surface area contributed by atoms with E-state index < -0.39 is 24.3 Å². The van der Waals surface area contributed by atoms with Gasteiger partial charge in [0.25, 0.3) is 0 Å². The zero-order chi connectivity index (χ0) is 13.4. The molecule has 0 atom stereocenters. The first-order chi connectivity index (χ1) is 7.52. The van der Waals surface area contributed by atoms with E-state index in [1.807, 2.05) is 0 Å². The van der Waals surface area contributed by atoms with Crippen molar-refractivity contribution >= 4 is 18.7 Å². The summed E-state index contributed by atoms with van der Waals surface area (Å²) < 4.78 is 43.6. The molecule has 3 nitrogen and oxygen atoms in total. The van der Waals surface area contributed by atoms with E-state index in [0.717, 1.165) is 6.07 Å². The lowest BCUT2D eigenvalue weighted by molar-refractivity contribution is 0.0537. The summed E-state index contributed by atoms with van der Waals surface area (Å²) in [4.78, 5) is 11.7. The van der Waals surface area contributed by atoms with E-state index in [0.29, 0.717) is 4.57 Å². The number of carbonyl (C=O) groups is 1. The van der Waals surface area contributed by atoms with Crippen LogP contribution in [-0.2, 0) is 4.74 Å². The van der Waals surface area contributed by atoms with Gasteiger partial charge in [-0.1, -0.05) is 6.07 Å². The highest BCUT2D eigenvalue weighted by atomic mass is 19.4. The second-order valence-corrected chi connectivity index (χ2v) is 4.79. The Morgan fingerprint density at radius 1 is 1.29 bits per heavy atom. The third-order valence-electron chi connectivity index (χ3n) is 2.02. The molecule has 0 aliphatic rings. The molecule has 17 heavy (non-hydrogen) atoms. The third-order valence-corrected chi connectivity index (χ3v) is 2.02. The lowest BCUT2D eigenvalue weighted by atomic mass is 9.86. The minimum absolute atomic E-state index is 0.202. The molecule has 0 aliphatic carbocycles. The van der Waals surface area contributed by atoms with Gasteiger partial charge >= 0.3 is 13.1 Å². The highest BCUT2D eigenvalue weighted by Gasteiger charge is 2.33. The molecule has 0 spiro atoms. The molecule has 1 aromatic heterocycles. The van der Waals surface area contributed by atoms with Crippen LogP contribution in [0.3, 0.4) is 0 Å². The Morgan fingerprint density at radius 3 is 2.24 bits per heavy atom. The van der Waals surface area contributed by atoms with Crippen LogP contribution >= 0.6 is 0 Å². The lowest BCUT2D eigenvalue weighted by Crippen LogP contribution is -2.44. The van der Waals surface area contributed by atoms with Crippen LogP contribution in [0.1, 0.15) is 26.5 Å². The van der Waals surface area contributed by atoms with E-state index in [9.17, 15) is 17.7 Å². The molecular weight excluding hydrogens is 234 g/mol. The highest BCUT2D eigenvalue weighted by Crippen LogP contribution is 2.15. The minimum atomic E-state index is -5.23. The average molecular weight is 248 g/mol. The number of halogens is 3. The summed E-state index contributed by atoms with van der Waals surface area (Å²) in [6, 6.07) is 2.13. The number of aromatic nitrogens is 1. The summed E-state index contributed by atoms with van der Waals surface area (Å²) in [7, 11) is 0. The van der Waals surface area contributed by atoms with Gasteiger partial charge in [-0.15, -0.1) is 0 Å². The summed E-state index contributed by atoms with van der Waals surface area (Å²) in [6.07, 6.45) is -1.01. The number of carbonyl (C=O) groups excluding carboxylic acids is 1. The number of hydrogen-bond donors (Lipinski definition) is 0. The SMILES string of the molecule is Cc1ccc([B-](F)(F)F)n1C(=O)OC(C)(C)C. The van der Waals surface area contributed by atoms with Gasteiger partial charge in [0, 0.05) is 5.69 Å². The summed E-state index contributed by atoms with van der Waals surface area (Å²) in [6.45, 7) is 0.991. The van der Waals surface area contributed by atoms with Gasteiger partial charge in [-0.2, -0.15) is 0 Å². The van der Waals surface area contributed by atoms with Crippen molar-refractivity contribution in [1.82, 2.24) is 4.57 Å². The van der Waals surface area contributed by atoms with Crippen molar-refractivity contribution in [3.63, 3.8) is 0 Å². The van der Waals surface area contributed by atoms with E-state index in [1.165, 1.54) is 13.0 Å². The van der Waals surface area contributed by atoms with Crippen molar-refractivity contribution in [3.05, 3.63) is 17.8 Å². The van der Waals surface area contributed by atoms with Crippen molar-refractivity contribution in [2.45, 2.75) is 33.3 Å². The molecule has 0 aromatic carbocycles. The molecule has 0 amide bonds. The molecule has 0 aliphatic heterocycles. The smallest absolute Gasteiger partial charge is 0.444 e. The predicted octanol–water partition coefficient (Wildman–Crippen LogP) is 2.63. The lowest BCUT2D eigenvalue weighted by Gasteiger charge is -2.23. The Balaban J connectivity index is 3.14. The van der Waals surface area contributed by atoms with E-state index in [2.05, 4.69) is 0 Å². The van der Waals surface area contributed by atoms with E-state index in [4.69, 9.17) is 4.74 Å². The van der Waals surface area contributed by atoms with Crippen LogP contribution in [-0.4, -0.2) is 23.2 Å². The van der Waals surface area contributed by atoms with Crippen molar-refractivity contribution < 1.29 is 22.5 Å². The van der Waals surface area contributed by atoms with Gasteiger partial charge in [0.2, 0.25) is 0 Å². The Morgan fingerprint density at radius 2 is 1.82 bits per heavy atom. The first-order valence-corrected chi connectivity index (χ1v) is 5.14. The summed E-state index contributed by atoms with van der Waals surface area (Å²) in [5.74, 6) is 0. The molecule has 1 rings (SSSR count). The predicted molar refractivity (Wildman–Crippen MR) is 59.5 cm³/mol. The quantitative estimate of drug-likeness (QED) is 0.715. The molecule has 1 aromatic rings. The van der Waals surface area contributed by atoms with Gasteiger partial charge in [-0.25, -0.2) is 4.79 Å². The molecular formula is C10H14BF3NO2-. The van der Waals surface area contributed by atoms with Crippen molar-refractivity contribution in [1.29, 1.82) is 0 Å². The van der Waals surface area contributed by atoms with Crippen molar-refractivity contribution in [3.8, 4) is 0 Å². The standard InChI is InChI=1S/C10H14BF3NO2/c1-7-5-6-8(11(12,13)14)15(7)9(16)17-10(2,3)4/h5-6H,1-4H3/q-1. The second kappa shape index (κ2) is 4.12. The fraction of sp³-hybridized carbons (Fsp3) is 0.500. The number of rotatable bonds is 1. The Labute approximate surface area is 97.6 Å². The number of ether oxygens (including phenoxy) is 1. The number of hydrogen-bond acceptors (Lipinski definition) is 2. The van der Waals surface area contributed by atoms with Crippen LogP contribution in [0.5, 0.6) is 0 Å². The number of nitrogens with zero attached hydrogens (tertiary/aromatic N) is 1. The molecule has 0 unspecified atom stereocenters. The van der Waals surface area contributed by atoms with E-state index in [1.54, 1.807) is 20.8 Å². The van der Waals surface area contributed by atoms with Crippen molar-refractivity contribution in [2.75, 3.05) is 0 Å². The minimum Gasteiger partial charge on any atom is -0.444 e. The fourth-order valence-electron chi connectivity index (χ4n) is 1.37. The zero-order valence-electron chi connectivity index (χ0n) is 10.1. The molecule has 0 radical (unpaired) electrons. The van der Waals surface area contributed by atoms with Gasteiger partial charge in [0.15, 0.2) is 0 Å². The van der Waals surface area contributed by atoms with Crippen molar-refractivity contribution in [2.24, 2.45) is 0 Å². The second-order valence-electron chi connectivity index (χ2n) is 4.79. The Bertz CT molecular complexity index is 432. The first kappa shape index (κ1) is 13.7. The molecule has 96 valence electrons. The summed E-state index contributed by atoms with van der Waals surface area (Å²) in [5.41, 5.74) is -1.59. The van der Waals surface area contributed by atoms with E-state index in [-0.39, 0.29) is 5.69 Å². The Kier molecular flexibility index (Phi) is 3.32. The van der Waals surface area contributed by atoms with Crippen LogP contribution < -0.4 is 5.59 Å². The van der Waals surface area contributed by atoms with Gasteiger partial charge in [0.05, 0.1) is 0 Å². The maximum Gasteiger partial charge on any atom is 0.526 e. The van der Waals surface area contributed by atoms with Gasteiger partial charge < -0.3 is 17.7 Å². The zero-order valence-corrected chi connectivity index (χ0v) is 10.1. The van der Waals surface area contributed by atoms with Crippen LogP contribution in [0.4, 0.5) is 17.7 Å². The first-order valence-electron chi connectivity index (χ1n) is 5.14. The molecule has 0 saturated carbocycles. The van der Waals surface area contributed by atoms with Crippen LogP contribution in [0.25, 0.3) is 0 Å². The largest absolute Gasteiger partial charge is 0.526 e. The van der Waals surface area contributed by atoms with Crippen LogP contribution in [0, 0.1) is 6.92 Å². The van der Waals surface area contributed by atoms with Crippen LogP contribution in [0.15, 0.2) is 12.1 Å². The molecule has 7 heteroatoms. The summed E-state index contributed by atoms with van der Waals surface area (Å²) >= 11 is 0. The van der Waals surface area contributed by atoms with Crippen LogP contribution in [0.2, 0.25) is 0 Å². The molecule has 1 heterocycles. The third kappa shape index (κ3) is 3.28. The highest BCUT2D eigenvalue weighted by molar-refractivity contribution is 6.73.